The molecule has 0 atom stereocenters. The fourth-order valence-corrected chi connectivity index (χ4v) is 2.81. The van der Waals surface area contributed by atoms with Crippen molar-refractivity contribution >= 4 is 40.7 Å². The van der Waals surface area contributed by atoms with E-state index >= 15 is 0 Å². The summed E-state index contributed by atoms with van der Waals surface area (Å²) in [6.45, 7) is 2.71. The van der Waals surface area contributed by atoms with E-state index < -0.39 is 0 Å². The lowest BCUT2D eigenvalue weighted by Gasteiger charge is -2.36. The van der Waals surface area contributed by atoms with Gasteiger partial charge in [-0.25, -0.2) is 20.4 Å². The summed E-state index contributed by atoms with van der Waals surface area (Å²) in [5, 5.41) is 10.4. The van der Waals surface area contributed by atoms with Crippen molar-refractivity contribution in [1.29, 1.82) is 0 Å². The number of rotatable bonds is 2. The van der Waals surface area contributed by atoms with Gasteiger partial charge in [0.05, 0.1) is 5.69 Å². The number of hydrogen-bond donors (Lipinski definition) is 2. The number of guanidine groups is 1. The summed E-state index contributed by atoms with van der Waals surface area (Å²) in [5.41, 5.74) is 2.88. The number of nitrogens with one attached hydrogen (secondary N) is 1. The molecule has 7 nitrogen and oxygen atoms in total. The van der Waals surface area contributed by atoms with Gasteiger partial charge in [-0.3, -0.25) is 5.21 Å². The first kappa shape index (κ1) is 16.8. The Morgan fingerprint density at radius 2 is 1.71 bits per heavy atom. The molecule has 126 valence electrons. The van der Waals surface area contributed by atoms with Crippen LogP contribution in [0.25, 0.3) is 0 Å². The minimum absolute atomic E-state index is 0.390. The molecule has 1 aliphatic heterocycles. The first-order chi connectivity index (χ1) is 11.7. The Bertz CT molecular complexity index is 716. The molecule has 9 heteroatoms. The molecule has 0 spiro atoms. The molecular formula is C15H16Cl2N6O. The van der Waals surface area contributed by atoms with Crippen LogP contribution in [0.4, 0.5) is 11.5 Å². The maximum atomic E-state index is 9.42. The van der Waals surface area contributed by atoms with Crippen molar-refractivity contribution in [2.45, 2.75) is 0 Å². The molecule has 3 rings (SSSR count). The van der Waals surface area contributed by atoms with Crippen LogP contribution >= 0.6 is 23.2 Å². The maximum Gasteiger partial charge on any atom is 0.223 e. The van der Waals surface area contributed by atoms with E-state index in [4.69, 9.17) is 23.2 Å². The number of hydroxylamine groups is 1. The van der Waals surface area contributed by atoms with E-state index in [1.807, 2.05) is 4.90 Å². The molecule has 0 saturated carbocycles. The third kappa shape index (κ3) is 3.87. The van der Waals surface area contributed by atoms with E-state index in [2.05, 4.69) is 25.3 Å². The highest BCUT2D eigenvalue weighted by Gasteiger charge is 2.22. The van der Waals surface area contributed by atoms with Crippen LogP contribution in [0, 0.1) is 0 Å². The molecule has 0 radical (unpaired) electrons. The van der Waals surface area contributed by atoms with Gasteiger partial charge in [-0.1, -0.05) is 23.2 Å². The first-order valence-electron chi connectivity index (χ1n) is 7.38. The van der Waals surface area contributed by atoms with E-state index in [1.165, 1.54) is 0 Å². The summed E-state index contributed by atoms with van der Waals surface area (Å²) < 4.78 is 0. The van der Waals surface area contributed by atoms with Crippen LogP contribution in [0.3, 0.4) is 0 Å². The highest BCUT2D eigenvalue weighted by atomic mass is 35.5. The highest BCUT2D eigenvalue weighted by molar-refractivity contribution is 6.31. The number of aliphatic imine (C=N–C) groups is 1. The predicted molar refractivity (Wildman–Crippen MR) is 94.3 cm³/mol. The number of benzene rings is 1. The lowest BCUT2D eigenvalue weighted by Crippen LogP contribution is -2.52. The molecule has 2 heterocycles. The maximum absolute atomic E-state index is 9.42. The van der Waals surface area contributed by atoms with Gasteiger partial charge in [0.25, 0.3) is 0 Å². The molecule has 2 N–H and O–H groups in total. The standard InChI is InChI=1S/C15H16Cl2N6O/c16-11-1-3-12(4-2-11)20-15(21-24)23-9-7-22(8-10-23)14-13(17)18-5-6-19-14/h1-6,24H,7-10H2,(H,20,21). The van der Waals surface area contributed by atoms with E-state index in [-0.39, 0.29) is 0 Å². The normalized spacial score (nSPS) is 15.5. The van der Waals surface area contributed by atoms with Gasteiger partial charge in [0, 0.05) is 43.6 Å². The smallest absolute Gasteiger partial charge is 0.223 e. The molecule has 1 aromatic heterocycles. The van der Waals surface area contributed by atoms with E-state index in [9.17, 15) is 5.21 Å². The lowest BCUT2D eigenvalue weighted by molar-refractivity contribution is 0.207. The van der Waals surface area contributed by atoms with Gasteiger partial charge in [0.1, 0.15) is 0 Å². The minimum Gasteiger partial charge on any atom is -0.351 e. The van der Waals surface area contributed by atoms with Gasteiger partial charge in [0.2, 0.25) is 5.96 Å². The van der Waals surface area contributed by atoms with E-state index in [0.29, 0.717) is 53.8 Å². The van der Waals surface area contributed by atoms with Crippen LogP contribution in [0.1, 0.15) is 0 Å². The molecule has 1 aromatic carbocycles. The first-order valence-corrected chi connectivity index (χ1v) is 8.14. The SMILES string of the molecule is ONC(=Nc1ccc(Cl)cc1)N1CCN(c2nccnc2Cl)CC1. The van der Waals surface area contributed by atoms with Crippen molar-refractivity contribution in [2.24, 2.45) is 4.99 Å². The number of aromatic nitrogens is 2. The lowest BCUT2D eigenvalue weighted by atomic mass is 10.3. The molecule has 0 bridgehead atoms. The molecule has 24 heavy (non-hydrogen) atoms. The molecule has 0 unspecified atom stereocenters. The Balaban J connectivity index is 1.68. The summed E-state index contributed by atoms with van der Waals surface area (Å²) in [4.78, 5) is 16.7. The van der Waals surface area contributed by atoms with Crippen molar-refractivity contribution in [3.63, 3.8) is 0 Å². The summed E-state index contributed by atoms with van der Waals surface area (Å²) in [6, 6.07) is 7.08. The Labute approximate surface area is 149 Å². The monoisotopic (exact) mass is 366 g/mol. The Morgan fingerprint density at radius 1 is 1.04 bits per heavy atom. The van der Waals surface area contributed by atoms with Crippen LogP contribution in [0.5, 0.6) is 0 Å². The van der Waals surface area contributed by atoms with Crippen molar-refractivity contribution < 1.29 is 5.21 Å². The fraction of sp³-hybridized carbons (Fsp3) is 0.267. The van der Waals surface area contributed by atoms with Gasteiger partial charge in [0.15, 0.2) is 11.0 Å². The molecule has 1 saturated heterocycles. The third-order valence-electron chi connectivity index (χ3n) is 3.68. The van der Waals surface area contributed by atoms with Crippen molar-refractivity contribution in [3.8, 4) is 0 Å². The second-order valence-corrected chi connectivity index (χ2v) is 5.96. The predicted octanol–water partition coefficient (Wildman–Crippen LogP) is 2.57. The van der Waals surface area contributed by atoms with Gasteiger partial charge in [-0.05, 0) is 24.3 Å². The minimum atomic E-state index is 0.390. The molecular weight excluding hydrogens is 351 g/mol. The molecule has 1 fully saturated rings. The second-order valence-electron chi connectivity index (χ2n) is 5.17. The molecule has 1 aliphatic rings. The quantitative estimate of drug-likeness (QED) is 0.483. The van der Waals surface area contributed by atoms with Crippen molar-refractivity contribution in [1.82, 2.24) is 20.3 Å². The van der Waals surface area contributed by atoms with Crippen molar-refractivity contribution in [2.75, 3.05) is 31.1 Å². The Morgan fingerprint density at radius 3 is 2.33 bits per heavy atom. The van der Waals surface area contributed by atoms with Crippen LogP contribution in [0.2, 0.25) is 10.2 Å². The Kier molecular flexibility index (Phi) is 5.34. The third-order valence-corrected chi connectivity index (χ3v) is 4.19. The Hall–Kier alpha value is -2.09. The van der Waals surface area contributed by atoms with Crippen LogP contribution in [0.15, 0.2) is 41.7 Å². The number of nitrogens with zero attached hydrogens (tertiary/aromatic N) is 5. The van der Waals surface area contributed by atoms with E-state index in [1.54, 1.807) is 36.7 Å². The summed E-state index contributed by atoms with van der Waals surface area (Å²) in [6.07, 6.45) is 3.19. The summed E-state index contributed by atoms with van der Waals surface area (Å²) in [5.74, 6) is 1.06. The molecule has 0 aliphatic carbocycles. The van der Waals surface area contributed by atoms with Gasteiger partial charge >= 0.3 is 0 Å². The second kappa shape index (κ2) is 7.65. The zero-order chi connectivity index (χ0) is 16.9. The number of hydrogen-bond acceptors (Lipinski definition) is 5. The molecule has 2 aromatic rings. The van der Waals surface area contributed by atoms with Crippen LogP contribution in [-0.4, -0.2) is 52.2 Å². The number of anilines is 1. The van der Waals surface area contributed by atoms with Gasteiger partial charge < -0.3 is 9.80 Å². The summed E-state index contributed by atoms with van der Waals surface area (Å²) >= 11 is 12.0. The zero-order valence-corrected chi connectivity index (χ0v) is 14.2. The van der Waals surface area contributed by atoms with Gasteiger partial charge in [-0.15, -0.1) is 0 Å². The van der Waals surface area contributed by atoms with E-state index in [0.717, 1.165) is 0 Å². The van der Waals surface area contributed by atoms with Crippen LogP contribution < -0.4 is 10.4 Å². The highest BCUT2D eigenvalue weighted by Crippen LogP contribution is 2.21. The molecule has 0 amide bonds. The zero-order valence-electron chi connectivity index (χ0n) is 12.7. The fourth-order valence-electron chi connectivity index (χ4n) is 2.46. The van der Waals surface area contributed by atoms with Gasteiger partial charge in [-0.2, -0.15) is 0 Å². The van der Waals surface area contributed by atoms with Crippen LogP contribution in [-0.2, 0) is 0 Å². The number of piperazine rings is 1. The average Bonchev–Trinajstić information content (AvgIpc) is 2.62. The topological polar surface area (TPSA) is 76.9 Å². The van der Waals surface area contributed by atoms with Crippen molar-refractivity contribution in [3.05, 3.63) is 46.8 Å². The summed E-state index contributed by atoms with van der Waals surface area (Å²) in [7, 11) is 0. The average molecular weight is 367 g/mol. The largest absolute Gasteiger partial charge is 0.351 e. The number of halogens is 2.